The molecule has 12 heteroatoms. The second-order valence-electron chi connectivity index (χ2n) is 10.6. The molecule has 0 radical (unpaired) electrons. The number of aromatic hydroxyl groups is 1. The molecule has 0 bridgehead atoms. The summed E-state index contributed by atoms with van der Waals surface area (Å²) in [4.78, 5) is 13.3. The fourth-order valence-corrected chi connectivity index (χ4v) is 6.04. The largest absolute Gasteiger partial charge is 0.502 e. The predicted octanol–water partition coefficient (Wildman–Crippen LogP) is 3.49. The van der Waals surface area contributed by atoms with Gasteiger partial charge in [-0.2, -0.15) is 0 Å². The molecule has 0 amide bonds. The van der Waals surface area contributed by atoms with Crippen molar-refractivity contribution in [2.24, 2.45) is 5.92 Å². The van der Waals surface area contributed by atoms with Crippen LogP contribution >= 0.6 is 0 Å². The number of esters is 1. The van der Waals surface area contributed by atoms with Crippen LogP contribution in [-0.4, -0.2) is 74.7 Å². The first-order valence-electron chi connectivity index (χ1n) is 13.6. The van der Waals surface area contributed by atoms with Crippen LogP contribution in [0.4, 0.5) is 0 Å². The molecule has 0 unspecified atom stereocenters. The summed E-state index contributed by atoms with van der Waals surface area (Å²) in [6, 6.07) is 6.81. The van der Waals surface area contributed by atoms with Gasteiger partial charge in [0.2, 0.25) is 18.8 Å². The van der Waals surface area contributed by atoms with Gasteiger partial charge in [-0.05, 0) is 42.1 Å². The number of ether oxygens (including phenoxy) is 9. The van der Waals surface area contributed by atoms with Crippen molar-refractivity contribution in [3.8, 4) is 45.6 Å². The van der Waals surface area contributed by atoms with Crippen molar-refractivity contribution in [3.63, 3.8) is 0 Å². The molecular formula is C30H30O12. The summed E-state index contributed by atoms with van der Waals surface area (Å²) in [5.74, 6) is 0.482. The fourth-order valence-electron chi connectivity index (χ4n) is 6.04. The first-order valence-corrected chi connectivity index (χ1v) is 13.6. The molecule has 0 saturated carbocycles. The first kappa shape index (κ1) is 26.9. The van der Waals surface area contributed by atoms with Gasteiger partial charge in [0.05, 0.1) is 32.5 Å². The zero-order valence-electron chi connectivity index (χ0n) is 23.4. The van der Waals surface area contributed by atoms with Crippen LogP contribution in [0.5, 0.6) is 34.5 Å². The molecule has 2 N–H and O–H groups in total. The summed E-state index contributed by atoms with van der Waals surface area (Å²) < 4.78 is 52.0. The summed E-state index contributed by atoms with van der Waals surface area (Å²) in [5, 5.41) is 22.9. The highest BCUT2D eigenvalue weighted by Crippen LogP contribution is 2.51. The minimum absolute atomic E-state index is 0.0379. The van der Waals surface area contributed by atoms with Crippen molar-refractivity contribution in [2.45, 2.75) is 51.3 Å². The van der Waals surface area contributed by atoms with E-state index in [1.54, 1.807) is 31.2 Å². The topological polar surface area (TPSA) is 141 Å². The smallest absolute Gasteiger partial charge is 0.339 e. The number of hydrogen-bond acceptors (Lipinski definition) is 12. The zero-order chi connectivity index (χ0) is 29.3. The third kappa shape index (κ3) is 4.09. The summed E-state index contributed by atoms with van der Waals surface area (Å²) >= 11 is 0. The van der Waals surface area contributed by atoms with Gasteiger partial charge in [0.1, 0.15) is 24.6 Å². The molecule has 0 spiro atoms. The maximum absolute atomic E-state index is 13.3. The van der Waals surface area contributed by atoms with Crippen molar-refractivity contribution >= 4 is 16.7 Å². The third-order valence-corrected chi connectivity index (χ3v) is 8.23. The van der Waals surface area contributed by atoms with E-state index in [4.69, 9.17) is 42.6 Å². The molecule has 3 aromatic rings. The number of phenolic OH excluding ortho intramolecular Hbond substituents is 1. The summed E-state index contributed by atoms with van der Waals surface area (Å²) in [6.07, 6.45) is -3.35. The van der Waals surface area contributed by atoms with E-state index in [2.05, 4.69) is 0 Å². The molecular weight excluding hydrogens is 552 g/mol. The van der Waals surface area contributed by atoms with E-state index in [0.717, 1.165) is 0 Å². The van der Waals surface area contributed by atoms with Crippen LogP contribution in [0.3, 0.4) is 0 Å². The quantitative estimate of drug-likeness (QED) is 0.426. The average Bonchev–Trinajstić information content (AvgIpc) is 3.61. The standard InChI is InChI=1S/C30H30O12/c1-12-25(31)28-22(10-36-13(2)40-28)41-30(12)42-27-16-8-19-18(38-11-39-19)7-15(16)23(24-17(27)9-37-29(24)33)14-5-20(34-3)26(32)21(6-14)35-4/h5-8,12-13,22,25,28,30-32H,9-11H2,1-4H3/t12-,13-,22-,25-,28-,30+/m1/s1. The second kappa shape index (κ2) is 10.1. The van der Waals surface area contributed by atoms with Crippen molar-refractivity contribution in [1.29, 1.82) is 0 Å². The van der Waals surface area contributed by atoms with Gasteiger partial charge >= 0.3 is 5.97 Å². The Bertz CT molecular complexity index is 1560. The number of fused-ring (bicyclic) bond motifs is 4. The molecule has 2 saturated heterocycles. The van der Waals surface area contributed by atoms with Crippen LogP contribution in [0.25, 0.3) is 21.9 Å². The Morgan fingerprint density at radius 2 is 1.60 bits per heavy atom. The number of carbonyl (C=O) groups excluding carboxylic acids is 1. The van der Waals surface area contributed by atoms with E-state index in [1.165, 1.54) is 14.2 Å². The molecule has 2 fully saturated rings. The van der Waals surface area contributed by atoms with E-state index < -0.39 is 42.8 Å². The van der Waals surface area contributed by atoms with Gasteiger partial charge in [-0.25, -0.2) is 4.79 Å². The Morgan fingerprint density at radius 3 is 2.29 bits per heavy atom. The van der Waals surface area contributed by atoms with E-state index in [0.29, 0.717) is 44.7 Å². The SMILES string of the molecule is COc1cc(-c2c3c(c(O[C@@H]4O[C@@H]5CO[C@@H](C)O[C@H]5[C@H](O)[C@H]4C)c4cc5c(cc24)OCO5)COC3=O)cc(OC)c1O. The van der Waals surface area contributed by atoms with Crippen LogP contribution in [0.15, 0.2) is 24.3 Å². The van der Waals surface area contributed by atoms with Gasteiger partial charge in [-0.3, -0.25) is 0 Å². The number of rotatable bonds is 5. The van der Waals surface area contributed by atoms with E-state index in [1.807, 2.05) is 6.92 Å². The number of cyclic esters (lactones) is 1. The van der Waals surface area contributed by atoms with Crippen LogP contribution < -0.4 is 23.7 Å². The number of benzene rings is 3. The predicted molar refractivity (Wildman–Crippen MR) is 144 cm³/mol. The maximum atomic E-state index is 13.3. The molecule has 4 heterocycles. The number of aliphatic hydroxyl groups excluding tert-OH is 1. The lowest BCUT2D eigenvalue weighted by Gasteiger charge is -2.46. The van der Waals surface area contributed by atoms with Gasteiger partial charge in [0.25, 0.3) is 0 Å². The van der Waals surface area contributed by atoms with Gasteiger partial charge in [0, 0.05) is 22.4 Å². The van der Waals surface area contributed by atoms with Gasteiger partial charge in [0.15, 0.2) is 29.3 Å². The third-order valence-electron chi connectivity index (χ3n) is 8.23. The van der Waals surface area contributed by atoms with E-state index in [9.17, 15) is 15.0 Å². The summed E-state index contributed by atoms with van der Waals surface area (Å²) in [6.45, 7) is 3.81. The zero-order valence-corrected chi connectivity index (χ0v) is 23.4. The summed E-state index contributed by atoms with van der Waals surface area (Å²) in [5.41, 5.74) is 1.85. The molecule has 0 aromatic heterocycles. The maximum Gasteiger partial charge on any atom is 0.339 e. The van der Waals surface area contributed by atoms with Gasteiger partial charge in [-0.15, -0.1) is 0 Å². The molecule has 12 nitrogen and oxygen atoms in total. The normalized spacial score (nSPS) is 27.8. The van der Waals surface area contributed by atoms with Crippen LogP contribution in [0, 0.1) is 5.92 Å². The van der Waals surface area contributed by atoms with Crippen molar-refractivity contribution in [1.82, 2.24) is 0 Å². The Hall–Kier alpha value is -3.97. The van der Waals surface area contributed by atoms with Gasteiger partial charge < -0.3 is 52.8 Å². The molecule has 4 aliphatic heterocycles. The molecule has 0 aliphatic carbocycles. The van der Waals surface area contributed by atoms with E-state index in [-0.39, 0.29) is 42.8 Å². The minimum atomic E-state index is -0.894. The van der Waals surface area contributed by atoms with Crippen LogP contribution in [0.1, 0.15) is 29.8 Å². The number of carbonyl (C=O) groups is 1. The summed E-state index contributed by atoms with van der Waals surface area (Å²) in [7, 11) is 2.86. The fraction of sp³-hybridized carbons (Fsp3) is 0.433. The highest BCUT2D eigenvalue weighted by Gasteiger charge is 2.48. The minimum Gasteiger partial charge on any atom is -0.502 e. The monoisotopic (exact) mass is 582 g/mol. The Balaban J connectivity index is 1.42. The van der Waals surface area contributed by atoms with E-state index >= 15 is 0 Å². The number of aliphatic hydroxyl groups is 1. The highest BCUT2D eigenvalue weighted by atomic mass is 16.7. The number of methoxy groups -OCH3 is 2. The molecule has 42 heavy (non-hydrogen) atoms. The van der Waals surface area contributed by atoms with Crippen molar-refractivity contribution in [3.05, 3.63) is 35.4 Å². The number of phenols is 1. The molecule has 7 rings (SSSR count). The van der Waals surface area contributed by atoms with Crippen LogP contribution in [-0.2, 0) is 25.6 Å². The average molecular weight is 583 g/mol. The molecule has 222 valence electrons. The first-order chi connectivity index (χ1) is 20.3. The van der Waals surface area contributed by atoms with Gasteiger partial charge in [-0.1, -0.05) is 6.92 Å². The lowest BCUT2D eigenvalue weighted by atomic mass is 9.88. The molecule has 4 aliphatic rings. The molecule has 6 atom stereocenters. The Labute approximate surface area is 240 Å². The highest BCUT2D eigenvalue weighted by molar-refractivity contribution is 6.14. The lowest BCUT2D eigenvalue weighted by molar-refractivity contribution is -0.334. The van der Waals surface area contributed by atoms with Crippen molar-refractivity contribution < 1.29 is 57.6 Å². The lowest BCUT2D eigenvalue weighted by Crippen LogP contribution is -2.60. The number of hydrogen-bond donors (Lipinski definition) is 2. The molecule has 3 aromatic carbocycles. The Kier molecular flexibility index (Phi) is 6.46. The Morgan fingerprint density at radius 1 is 0.905 bits per heavy atom. The van der Waals surface area contributed by atoms with Crippen molar-refractivity contribution in [2.75, 3.05) is 27.6 Å². The second-order valence-corrected chi connectivity index (χ2v) is 10.6. The van der Waals surface area contributed by atoms with Crippen LogP contribution in [0.2, 0.25) is 0 Å².